The van der Waals surface area contributed by atoms with Gasteiger partial charge in [-0.1, -0.05) is 6.07 Å². The van der Waals surface area contributed by atoms with Crippen molar-refractivity contribution < 1.29 is 9.47 Å². The molecule has 0 bridgehead atoms. The smallest absolute Gasteiger partial charge is 0.253 e. The Hall–Kier alpha value is -2.42. The van der Waals surface area contributed by atoms with Crippen molar-refractivity contribution in [1.29, 1.82) is 0 Å². The molecule has 1 saturated heterocycles. The lowest BCUT2D eigenvalue weighted by atomic mass is 10.1. The summed E-state index contributed by atoms with van der Waals surface area (Å²) in [4.78, 5) is 19.0. The monoisotopic (exact) mass is 457 g/mol. The van der Waals surface area contributed by atoms with Crippen molar-refractivity contribution in [3.05, 3.63) is 62.6 Å². The number of aromatic nitrogens is 1. The zero-order valence-corrected chi connectivity index (χ0v) is 19.2. The van der Waals surface area contributed by atoms with Crippen LogP contribution in [0.1, 0.15) is 30.2 Å². The van der Waals surface area contributed by atoms with E-state index < -0.39 is 0 Å². The fourth-order valence-corrected chi connectivity index (χ4v) is 4.65. The molecule has 164 valence electrons. The highest BCUT2D eigenvalue weighted by Crippen LogP contribution is 2.21. The van der Waals surface area contributed by atoms with Gasteiger partial charge < -0.3 is 24.7 Å². The number of hydrogen-bond donors (Lipinski definition) is 2. The highest BCUT2D eigenvalue weighted by molar-refractivity contribution is 7.80. The van der Waals surface area contributed by atoms with Gasteiger partial charge in [0.05, 0.1) is 25.8 Å². The molecule has 0 unspecified atom stereocenters. The Morgan fingerprint density at radius 2 is 2.26 bits per heavy atom. The van der Waals surface area contributed by atoms with E-state index in [2.05, 4.69) is 21.7 Å². The summed E-state index contributed by atoms with van der Waals surface area (Å²) in [6.45, 7) is 5.11. The third-order valence-electron chi connectivity index (χ3n) is 5.28. The predicted molar refractivity (Wildman–Crippen MR) is 129 cm³/mol. The first-order valence-electron chi connectivity index (χ1n) is 10.6. The van der Waals surface area contributed by atoms with E-state index in [0.29, 0.717) is 36.9 Å². The Morgan fingerprint density at radius 3 is 3.00 bits per heavy atom. The molecule has 1 aliphatic heterocycles. The molecule has 6 nitrogen and oxygen atoms in total. The van der Waals surface area contributed by atoms with E-state index in [1.807, 2.05) is 42.2 Å². The zero-order chi connectivity index (χ0) is 21.6. The molecule has 1 aliphatic rings. The number of thiophene rings is 1. The molecular weight excluding hydrogens is 430 g/mol. The fourth-order valence-electron chi connectivity index (χ4n) is 3.72. The molecule has 3 heterocycles. The second-order valence-electron chi connectivity index (χ2n) is 7.56. The lowest BCUT2D eigenvalue weighted by Crippen LogP contribution is -2.42. The quantitative estimate of drug-likeness (QED) is 0.498. The molecule has 0 aliphatic carbocycles. The molecule has 0 radical (unpaired) electrons. The molecule has 1 aromatic carbocycles. The topological polar surface area (TPSA) is 66.6 Å². The van der Waals surface area contributed by atoms with Gasteiger partial charge in [0, 0.05) is 34.5 Å². The first-order valence-corrected chi connectivity index (χ1v) is 11.9. The largest absolute Gasteiger partial charge is 0.494 e. The van der Waals surface area contributed by atoms with Crippen molar-refractivity contribution in [1.82, 2.24) is 15.2 Å². The van der Waals surface area contributed by atoms with E-state index in [1.54, 1.807) is 11.3 Å². The molecule has 4 rings (SSSR count). The van der Waals surface area contributed by atoms with E-state index in [-0.39, 0.29) is 11.7 Å². The van der Waals surface area contributed by atoms with Gasteiger partial charge in [-0.15, -0.1) is 11.3 Å². The summed E-state index contributed by atoms with van der Waals surface area (Å²) in [5.41, 5.74) is 1.36. The molecule has 0 saturated carbocycles. The number of aromatic amines is 1. The summed E-state index contributed by atoms with van der Waals surface area (Å²) in [7, 11) is 0. The van der Waals surface area contributed by atoms with Crippen molar-refractivity contribution in [3.8, 4) is 5.75 Å². The van der Waals surface area contributed by atoms with Crippen LogP contribution in [0.3, 0.4) is 0 Å². The van der Waals surface area contributed by atoms with Crippen LogP contribution < -0.4 is 15.6 Å². The zero-order valence-electron chi connectivity index (χ0n) is 17.6. The van der Waals surface area contributed by atoms with Crippen LogP contribution in [-0.2, 0) is 17.8 Å². The van der Waals surface area contributed by atoms with Crippen LogP contribution in [-0.4, -0.2) is 40.9 Å². The average molecular weight is 458 g/mol. The van der Waals surface area contributed by atoms with E-state index >= 15 is 0 Å². The lowest BCUT2D eigenvalue weighted by molar-refractivity contribution is 0.113. The summed E-state index contributed by atoms with van der Waals surface area (Å²) in [6, 6.07) is 11.7. The van der Waals surface area contributed by atoms with Gasteiger partial charge in [0.15, 0.2) is 5.11 Å². The molecule has 2 aromatic heterocycles. The summed E-state index contributed by atoms with van der Waals surface area (Å²) < 4.78 is 11.3. The predicted octanol–water partition coefficient (Wildman–Crippen LogP) is 4.04. The molecule has 31 heavy (non-hydrogen) atoms. The van der Waals surface area contributed by atoms with Crippen LogP contribution >= 0.6 is 23.6 Å². The summed E-state index contributed by atoms with van der Waals surface area (Å²) in [5, 5.41) is 6.97. The third-order valence-corrected chi connectivity index (χ3v) is 6.55. The molecule has 1 fully saturated rings. The van der Waals surface area contributed by atoms with Gasteiger partial charge in [0.2, 0.25) is 0 Å². The van der Waals surface area contributed by atoms with Crippen LogP contribution in [0.2, 0.25) is 0 Å². The SMILES string of the molecule is CCOc1ccc2[nH]c(=O)c(CN(Cc3cccs3)C(=S)NC[C@H]3CCCO3)cc2c1. The number of fused-ring (bicyclic) bond motifs is 1. The molecular formula is C23H27N3O3S2. The van der Waals surface area contributed by atoms with E-state index in [0.717, 1.165) is 36.1 Å². The van der Waals surface area contributed by atoms with Crippen molar-refractivity contribution in [2.24, 2.45) is 0 Å². The Labute approximate surface area is 191 Å². The van der Waals surface area contributed by atoms with Crippen LogP contribution in [0, 0.1) is 0 Å². The minimum atomic E-state index is -0.102. The number of benzene rings is 1. The van der Waals surface area contributed by atoms with Crippen molar-refractivity contribution in [2.75, 3.05) is 19.8 Å². The fraction of sp³-hybridized carbons (Fsp3) is 0.391. The molecule has 3 aromatic rings. The number of pyridine rings is 1. The molecule has 8 heteroatoms. The number of nitrogens with one attached hydrogen (secondary N) is 2. The maximum atomic E-state index is 12.8. The number of hydrogen-bond acceptors (Lipinski definition) is 5. The lowest BCUT2D eigenvalue weighted by Gasteiger charge is -2.26. The minimum absolute atomic E-state index is 0.102. The Kier molecular flexibility index (Phi) is 7.21. The van der Waals surface area contributed by atoms with Crippen LogP contribution in [0.5, 0.6) is 5.75 Å². The number of ether oxygens (including phenoxy) is 2. The van der Waals surface area contributed by atoms with Gasteiger partial charge in [0.25, 0.3) is 5.56 Å². The maximum absolute atomic E-state index is 12.8. The first kappa shape index (κ1) is 21.8. The minimum Gasteiger partial charge on any atom is -0.494 e. The van der Waals surface area contributed by atoms with Crippen LogP contribution in [0.15, 0.2) is 46.6 Å². The van der Waals surface area contributed by atoms with Crippen LogP contribution in [0.25, 0.3) is 10.9 Å². The highest BCUT2D eigenvalue weighted by atomic mass is 32.1. The van der Waals surface area contributed by atoms with E-state index in [4.69, 9.17) is 21.7 Å². The van der Waals surface area contributed by atoms with Crippen LogP contribution in [0.4, 0.5) is 0 Å². The molecule has 1 atom stereocenters. The number of nitrogens with zero attached hydrogens (tertiary/aromatic N) is 1. The normalized spacial score (nSPS) is 15.8. The summed E-state index contributed by atoms with van der Waals surface area (Å²) in [6.07, 6.45) is 2.34. The maximum Gasteiger partial charge on any atom is 0.253 e. The second kappa shape index (κ2) is 10.3. The van der Waals surface area contributed by atoms with Crippen molar-refractivity contribution >= 4 is 39.6 Å². The summed E-state index contributed by atoms with van der Waals surface area (Å²) in [5.74, 6) is 0.789. The van der Waals surface area contributed by atoms with Gasteiger partial charge in [-0.25, -0.2) is 0 Å². The molecule has 0 spiro atoms. The Bertz CT molecular complexity index is 1080. The Balaban J connectivity index is 1.55. The Morgan fingerprint density at radius 1 is 1.35 bits per heavy atom. The highest BCUT2D eigenvalue weighted by Gasteiger charge is 2.19. The number of H-pyrrole nitrogens is 1. The number of thiocarbonyl (C=S) groups is 1. The van der Waals surface area contributed by atoms with E-state index in [9.17, 15) is 4.79 Å². The molecule has 0 amide bonds. The van der Waals surface area contributed by atoms with Gasteiger partial charge in [-0.2, -0.15) is 0 Å². The third kappa shape index (κ3) is 5.64. The second-order valence-corrected chi connectivity index (χ2v) is 8.98. The average Bonchev–Trinajstić information content (AvgIpc) is 3.46. The van der Waals surface area contributed by atoms with Gasteiger partial charge in [0.1, 0.15) is 5.75 Å². The van der Waals surface area contributed by atoms with Crippen molar-refractivity contribution in [2.45, 2.75) is 39.0 Å². The first-order chi connectivity index (χ1) is 15.1. The van der Waals surface area contributed by atoms with Gasteiger partial charge in [-0.05, 0) is 67.7 Å². The summed E-state index contributed by atoms with van der Waals surface area (Å²) >= 11 is 7.39. The van der Waals surface area contributed by atoms with Gasteiger partial charge >= 0.3 is 0 Å². The van der Waals surface area contributed by atoms with Crippen molar-refractivity contribution in [3.63, 3.8) is 0 Å². The molecule has 2 N–H and O–H groups in total. The van der Waals surface area contributed by atoms with E-state index in [1.165, 1.54) is 4.88 Å². The number of rotatable bonds is 8. The standard InChI is InChI=1S/C23H27N3O3S2/c1-2-28-18-7-8-21-16(12-18)11-17(22(27)25-21)14-26(15-20-6-4-10-31-20)23(30)24-13-19-5-3-9-29-19/h4,6-8,10-12,19H,2-3,5,9,13-15H2,1H3,(H,24,30)(H,25,27)/t19-/m1/s1. The van der Waals surface area contributed by atoms with Gasteiger partial charge in [-0.3, -0.25) is 4.79 Å².